The molecule has 2 aromatic rings. The SMILES string of the molecule is N#CCOc1cc(-c2nc(N)nc(SCCC(=O)N3CCOCC3)n2)c(Cl)cc1Cl. The van der Waals surface area contributed by atoms with Gasteiger partial charge in [-0.05, 0) is 12.1 Å². The molecule has 1 aliphatic heterocycles. The summed E-state index contributed by atoms with van der Waals surface area (Å²) in [4.78, 5) is 26.7. The van der Waals surface area contributed by atoms with Gasteiger partial charge in [0.2, 0.25) is 11.9 Å². The second-order valence-electron chi connectivity index (χ2n) is 6.10. The summed E-state index contributed by atoms with van der Waals surface area (Å²) < 4.78 is 10.6. The molecule has 0 unspecified atom stereocenters. The molecule has 9 nitrogen and oxygen atoms in total. The van der Waals surface area contributed by atoms with Gasteiger partial charge in [-0.3, -0.25) is 4.79 Å². The average Bonchev–Trinajstić information content (AvgIpc) is 2.73. The fraction of sp³-hybridized carbons (Fsp3) is 0.389. The van der Waals surface area contributed by atoms with E-state index in [0.717, 1.165) is 0 Å². The molecule has 0 spiro atoms. The number of morpholine rings is 1. The van der Waals surface area contributed by atoms with E-state index in [9.17, 15) is 4.79 Å². The minimum Gasteiger partial charge on any atom is -0.477 e. The van der Waals surface area contributed by atoms with Crippen LogP contribution >= 0.6 is 35.0 Å². The Morgan fingerprint density at radius 3 is 2.77 bits per heavy atom. The maximum Gasteiger partial charge on any atom is 0.224 e. The molecular formula is C18H18Cl2N6O3S. The number of hydrogen-bond acceptors (Lipinski definition) is 9. The molecule has 2 heterocycles. The number of benzene rings is 1. The highest BCUT2D eigenvalue weighted by Gasteiger charge is 2.18. The van der Waals surface area contributed by atoms with Crippen molar-refractivity contribution in [3.8, 4) is 23.2 Å². The second kappa shape index (κ2) is 10.6. The normalized spacial score (nSPS) is 13.7. The lowest BCUT2D eigenvalue weighted by molar-refractivity contribution is -0.134. The van der Waals surface area contributed by atoms with Crippen LogP contribution < -0.4 is 10.5 Å². The van der Waals surface area contributed by atoms with Gasteiger partial charge in [-0.15, -0.1) is 0 Å². The number of carbonyl (C=O) groups excluding carboxylic acids is 1. The number of nitriles is 1. The van der Waals surface area contributed by atoms with E-state index in [-0.39, 0.29) is 35.1 Å². The number of amides is 1. The molecule has 30 heavy (non-hydrogen) atoms. The first-order chi connectivity index (χ1) is 14.5. The predicted molar refractivity (Wildman–Crippen MR) is 114 cm³/mol. The number of anilines is 1. The molecule has 158 valence electrons. The number of halogens is 2. The molecule has 12 heteroatoms. The molecule has 0 atom stereocenters. The molecule has 1 aromatic carbocycles. The van der Waals surface area contributed by atoms with Gasteiger partial charge in [0.15, 0.2) is 17.6 Å². The van der Waals surface area contributed by atoms with Crippen molar-refractivity contribution in [2.75, 3.05) is 44.4 Å². The zero-order chi connectivity index (χ0) is 21.5. The standard InChI is InChI=1S/C18H18Cl2N6O3S/c19-12-10-13(20)14(29-5-2-21)9-11(12)16-23-17(22)25-18(24-16)30-8-1-15(27)26-3-6-28-7-4-26/h9-10H,1,3-8H2,(H2,22,23,24,25). The van der Waals surface area contributed by atoms with Gasteiger partial charge >= 0.3 is 0 Å². The summed E-state index contributed by atoms with van der Waals surface area (Å²) in [6.45, 7) is 2.18. The van der Waals surface area contributed by atoms with E-state index in [4.69, 9.17) is 43.7 Å². The van der Waals surface area contributed by atoms with Crippen LogP contribution in [0.5, 0.6) is 5.75 Å². The van der Waals surface area contributed by atoms with Crippen molar-refractivity contribution in [2.45, 2.75) is 11.6 Å². The molecule has 2 N–H and O–H groups in total. The van der Waals surface area contributed by atoms with E-state index in [0.29, 0.717) is 54.2 Å². The Bertz CT molecular complexity index is 966. The van der Waals surface area contributed by atoms with Crippen LogP contribution in [0, 0.1) is 11.3 Å². The third kappa shape index (κ3) is 5.86. The van der Waals surface area contributed by atoms with Crippen LogP contribution in [0.2, 0.25) is 10.0 Å². The van der Waals surface area contributed by atoms with E-state index < -0.39 is 0 Å². The first-order valence-corrected chi connectivity index (χ1v) is 10.7. The van der Waals surface area contributed by atoms with Gasteiger partial charge in [0.05, 0.1) is 23.3 Å². The van der Waals surface area contributed by atoms with Crippen LogP contribution in [0.4, 0.5) is 5.95 Å². The summed E-state index contributed by atoms with van der Waals surface area (Å²) in [7, 11) is 0. The Morgan fingerprint density at radius 1 is 1.27 bits per heavy atom. The summed E-state index contributed by atoms with van der Waals surface area (Å²) in [5.41, 5.74) is 6.27. The average molecular weight is 469 g/mol. The number of nitrogen functional groups attached to an aromatic ring is 1. The maximum absolute atomic E-state index is 12.3. The summed E-state index contributed by atoms with van der Waals surface area (Å²) in [6.07, 6.45) is 0.347. The Hall–Kier alpha value is -2.32. The second-order valence-corrected chi connectivity index (χ2v) is 7.98. The van der Waals surface area contributed by atoms with Crippen molar-refractivity contribution in [1.29, 1.82) is 5.26 Å². The van der Waals surface area contributed by atoms with E-state index in [1.54, 1.807) is 11.0 Å². The zero-order valence-corrected chi connectivity index (χ0v) is 18.1. The molecule has 0 radical (unpaired) electrons. The topological polar surface area (TPSA) is 127 Å². The lowest BCUT2D eigenvalue weighted by atomic mass is 10.2. The van der Waals surface area contributed by atoms with E-state index in [2.05, 4.69) is 15.0 Å². The number of ether oxygens (including phenoxy) is 2. The Balaban J connectivity index is 1.72. The lowest BCUT2D eigenvalue weighted by Crippen LogP contribution is -2.40. The van der Waals surface area contributed by atoms with Crippen molar-refractivity contribution in [3.05, 3.63) is 22.2 Å². The third-order valence-electron chi connectivity index (χ3n) is 4.10. The molecular weight excluding hydrogens is 451 g/mol. The smallest absolute Gasteiger partial charge is 0.224 e. The van der Waals surface area contributed by atoms with Crippen LogP contribution in [0.25, 0.3) is 11.4 Å². The maximum atomic E-state index is 12.3. The van der Waals surface area contributed by atoms with Crippen molar-refractivity contribution >= 4 is 46.8 Å². The number of hydrogen-bond donors (Lipinski definition) is 1. The van der Waals surface area contributed by atoms with E-state index >= 15 is 0 Å². The van der Waals surface area contributed by atoms with Gasteiger partial charge in [-0.2, -0.15) is 15.2 Å². The number of nitrogens with two attached hydrogens (primary N) is 1. The first-order valence-electron chi connectivity index (χ1n) is 8.97. The van der Waals surface area contributed by atoms with E-state index in [1.807, 2.05) is 6.07 Å². The van der Waals surface area contributed by atoms with Crippen molar-refractivity contribution < 1.29 is 14.3 Å². The van der Waals surface area contributed by atoms with Crippen LogP contribution in [0.3, 0.4) is 0 Å². The first kappa shape index (κ1) is 22.4. The molecule has 1 saturated heterocycles. The number of aromatic nitrogens is 3. The number of carbonyl (C=O) groups is 1. The largest absolute Gasteiger partial charge is 0.477 e. The highest BCUT2D eigenvalue weighted by Crippen LogP contribution is 2.36. The van der Waals surface area contributed by atoms with Gasteiger partial charge in [0.1, 0.15) is 11.8 Å². The van der Waals surface area contributed by atoms with Gasteiger partial charge < -0.3 is 20.1 Å². The Morgan fingerprint density at radius 2 is 2.03 bits per heavy atom. The Kier molecular flexibility index (Phi) is 7.93. The monoisotopic (exact) mass is 468 g/mol. The minimum absolute atomic E-state index is 0.0208. The zero-order valence-electron chi connectivity index (χ0n) is 15.8. The van der Waals surface area contributed by atoms with E-state index in [1.165, 1.54) is 17.8 Å². The van der Waals surface area contributed by atoms with Crippen LogP contribution in [-0.4, -0.2) is 64.4 Å². The number of nitrogens with zero attached hydrogens (tertiary/aromatic N) is 5. The molecule has 1 amide bonds. The molecule has 3 rings (SSSR count). The van der Waals surface area contributed by atoms with Gasteiger partial charge in [0, 0.05) is 30.8 Å². The third-order valence-corrected chi connectivity index (χ3v) is 5.55. The molecule has 0 bridgehead atoms. The van der Waals surface area contributed by atoms with Crippen LogP contribution in [-0.2, 0) is 9.53 Å². The molecule has 1 fully saturated rings. The van der Waals surface area contributed by atoms with Gasteiger partial charge in [0.25, 0.3) is 0 Å². The summed E-state index contributed by atoms with van der Waals surface area (Å²) >= 11 is 13.7. The quantitative estimate of drug-likeness (QED) is 0.609. The summed E-state index contributed by atoms with van der Waals surface area (Å²) in [5.74, 6) is 1.10. The van der Waals surface area contributed by atoms with Crippen molar-refractivity contribution in [2.24, 2.45) is 0 Å². The predicted octanol–water partition coefficient (Wildman–Crippen LogP) is 2.67. The Labute approximate surface area is 187 Å². The molecule has 1 aromatic heterocycles. The minimum atomic E-state index is -0.168. The molecule has 1 aliphatic rings. The fourth-order valence-electron chi connectivity index (χ4n) is 2.68. The fourth-order valence-corrected chi connectivity index (χ4v) is 3.97. The highest BCUT2D eigenvalue weighted by molar-refractivity contribution is 7.99. The van der Waals surface area contributed by atoms with Gasteiger partial charge in [-0.25, -0.2) is 4.98 Å². The highest BCUT2D eigenvalue weighted by atomic mass is 35.5. The lowest BCUT2D eigenvalue weighted by Gasteiger charge is -2.26. The van der Waals surface area contributed by atoms with Gasteiger partial charge in [-0.1, -0.05) is 35.0 Å². The molecule has 0 saturated carbocycles. The van der Waals surface area contributed by atoms with Crippen molar-refractivity contribution in [1.82, 2.24) is 19.9 Å². The van der Waals surface area contributed by atoms with Crippen molar-refractivity contribution in [3.63, 3.8) is 0 Å². The van der Waals surface area contributed by atoms with Crippen LogP contribution in [0.1, 0.15) is 6.42 Å². The summed E-state index contributed by atoms with van der Waals surface area (Å²) in [6, 6.07) is 4.91. The summed E-state index contributed by atoms with van der Waals surface area (Å²) in [5, 5.41) is 9.64. The number of rotatable bonds is 7. The van der Waals surface area contributed by atoms with Crippen LogP contribution in [0.15, 0.2) is 17.3 Å². The number of thioether (sulfide) groups is 1. The molecule has 0 aliphatic carbocycles.